The van der Waals surface area contributed by atoms with Gasteiger partial charge in [0.1, 0.15) is 0 Å². The van der Waals surface area contributed by atoms with E-state index >= 15 is 0 Å². The molecule has 4 heteroatoms. The molecule has 2 N–H and O–H groups in total. The normalized spacial score (nSPS) is 20.2. The average Bonchev–Trinajstić information content (AvgIpc) is 2.42. The Hall–Kier alpha value is -1.55. The first-order valence-corrected chi connectivity index (χ1v) is 7.00. The molecule has 0 radical (unpaired) electrons. The first-order chi connectivity index (χ1) is 9.13. The largest absolute Gasteiger partial charge is 0.386 e. The van der Waals surface area contributed by atoms with Gasteiger partial charge in [-0.1, -0.05) is 13.0 Å². The zero-order valence-electron chi connectivity index (χ0n) is 11.3. The third-order valence-corrected chi connectivity index (χ3v) is 4.24. The lowest BCUT2D eigenvalue weighted by atomic mass is 9.89. The molecular weight excluding hydrogens is 240 g/mol. The van der Waals surface area contributed by atoms with Gasteiger partial charge in [-0.15, -0.1) is 0 Å². The lowest BCUT2D eigenvalue weighted by Crippen LogP contribution is -2.63. The second-order valence-corrected chi connectivity index (χ2v) is 5.60. The predicted molar refractivity (Wildman–Crippen MR) is 74.4 cm³/mol. The monoisotopic (exact) mass is 260 g/mol. The molecule has 1 saturated heterocycles. The molecule has 0 bridgehead atoms. The van der Waals surface area contributed by atoms with E-state index < -0.39 is 5.60 Å². The molecule has 2 aliphatic heterocycles. The number of carbonyl (C=O) groups excluding carboxylic acids is 1. The van der Waals surface area contributed by atoms with Crippen LogP contribution >= 0.6 is 0 Å². The number of nitrogens with one attached hydrogen (secondary N) is 1. The quantitative estimate of drug-likeness (QED) is 0.850. The van der Waals surface area contributed by atoms with Crippen molar-refractivity contribution < 1.29 is 9.90 Å². The van der Waals surface area contributed by atoms with Gasteiger partial charge in [0, 0.05) is 17.8 Å². The summed E-state index contributed by atoms with van der Waals surface area (Å²) in [7, 11) is 0. The number of carbonyl (C=O) groups is 1. The number of rotatable bonds is 2. The van der Waals surface area contributed by atoms with E-state index in [2.05, 4.69) is 5.32 Å². The minimum Gasteiger partial charge on any atom is -0.386 e. The van der Waals surface area contributed by atoms with Crippen molar-refractivity contribution in [3.05, 3.63) is 29.3 Å². The molecular formula is C15H20N2O2. The van der Waals surface area contributed by atoms with Crippen LogP contribution in [0.4, 0.5) is 5.69 Å². The van der Waals surface area contributed by atoms with Crippen molar-refractivity contribution in [3.63, 3.8) is 0 Å². The van der Waals surface area contributed by atoms with Gasteiger partial charge in [-0.25, -0.2) is 0 Å². The lowest BCUT2D eigenvalue weighted by molar-refractivity contribution is -0.0826. The molecule has 0 aliphatic carbocycles. The summed E-state index contributed by atoms with van der Waals surface area (Å²) in [5.74, 6) is 0.0543. The van der Waals surface area contributed by atoms with Crippen molar-refractivity contribution >= 4 is 11.6 Å². The summed E-state index contributed by atoms with van der Waals surface area (Å²) >= 11 is 0. The summed E-state index contributed by atoms with van der Waals surface area (Å²) in [4.78, 5) is 14.2. The van der Waals surface area contributed by atoms with Crippen molar-refractivity contribution in [2.75, 3.05) is 25.0 Å². The molecule has 0 saturated carbocycles. The lowest BCUT2D eigenvalue weighted by Gasteiger charge is -2.46. The highest BCUT2D eigenvalue weighted by Gasteiger charge is 2.42. The van der Waals surface area contributed by atoms with Crippen LogP contribution < -0.4 is 5.32 Å². The Labute approximate surface area is 113 Å². The Morgan fingerprint density at radius 1 is 1.47 bits per heavy atom. The van der Waals surface area contributed by atoms with Gasteiger partial charge >= 0.3 is 0 Å². The first-order valence-electron chi connectivity index (χ1n) is 7.00. The minimum atomic E-state index is -0.664. The van der Waals surface area contributed by atoms with Crippen LogP contribution in [0.1, 0.15) is 35.7 Å². The number of anilines is 1. The Kier molecular flexibility index (Phi) is 2.97. The molecule has 1 amide bonds. The van der Waals surface area contributed by atoms with E-state index in [0.29, 0.717) is 19.5 Å². The van der Waals surface area contributed by atoms with Crippen LogP contribution in [0.15, 0.2) is 18.2 Å². The van der Waals surface area contributed by atoms with E-state index in [4.69, 9.17) is 0 Å². The number of β-amino-alcohol motifs (C(OH)–C–C–N with tert-alkyl or cyclic N) is 1. The molecule has 102 valence electrons. The highest BCUT2D eigenvalue weighted by atomic mass is 16.3. The van der Waals surface area contributed by atoms with Gasteiger partial charge in [-0.3, -0.25) is 4.79 Å². The average molecular weight is 260 g/mol. The van der Waals surface area contributed by atoms with Crippen LogP contribution in [0.25, 0.3) is 0 Å². The summed E-state index contributed by atoms with van der Waals surface area (Å²) in [5.41, 5.74) is 2.35. The summed E-state index contributed by atoms with van der Waals surface area (Å²) in [6.45, 7) is 3.85. The van der Waals surface area contributed by atoms with Crippen molar-refractivity contribution in [3.8, 4) is 0 Å². The number of hydrogen-bond acceptors (Lipinski definition) is 3. The van der Waals surface area contributed by atoms with E-state index in [9.17, 15) is 9.90 Å². The van der Waals surface area contributed by atoms with E-state index in [-0.39, 0.29) is 5.91 Å². The number of amides is 1. The molecule has 2 aliphatic rings. The maximum absolute atomic E-state index is 12.5. The maximum atomic E-state index is 12.5. The summed E-state index contributed by atoms with van der Waals surface area (Å²) in [5, 5.41) is 13.4. The van der Waals surface area contributed by atoms with E-state index in [0.717, 1.165) is 36.2 Å². The second kappa shape index (κ2) is 4.53. The molecule has 1 fully saturated rings. The van der Waals surface area contributed by atoms with Crippen LogP contribution in [0.3, 0.4) is 0 Å². The molecule has 0 spiro atoms. The predicted octanol–water partition coefficient (Wildman–Crippen LogP) is 1.64. The van der Waals surface area contributed by atoms with Crippen molar-refractivity contribution in [2.24, 2.45) is 0 Å². The fraction of sp³-hybridized carbons (Fsp3) is 0.533. The standard InChI is InChI=1S/C15H20N2O2/c1-2-15(19)9-17(10-15)14(18)12-5-3-7-13-11(12)6-4-8-16-13/h3,5,7,16,19H,2,4,6,8-10H2,1H3. The number of hydrogen-bond donors (Lipinski definition) is 2. The van der Waals surface area contributed by atoms with Gasteiger partial charge in [-0.2, -0.15) is 0 Å². The van der Waals surface area contributed by atoms with Crippen LogP contribution in [-0.4, -0.2) is 41.1 Å². The summed E-state index contributed by atoms with van der Waals surface area (Å²) < 4.78 is 0. The zero-order chi connectivity index (χ0) is 13.5. The van der Waals surface area contributed by atoms with Crippen LogP contribution in [0, 0.1) is 0 Å². The third-order valence-electron chi connectivity index (χ3n) is 4.24. The molecule has 4 nitrogen and oxygen atoms in total. The molecule has 19 heavy (non-hydrogen) atoms. The van der Waals surface area contributed by atoms with Gasteiger partial charge < -0.3 is 15.3 Å². The summed E-state index contributed by atoms with van der Waals surface area (Å²) in [6.07, 6.45) is 2.72. The van der Waals surface area contributed by atoms with Gasteiger partial charge in [0.25, 0.3) is 5.91 Å². The van der Waals surface area contributed by atoms with Crippen LogP contribution in [0.2, 0.25) is 0 Å². The van der Waals surface area contributed by atoms with Gasteiger partial charge in [0.2, 0.25) is 0 Å². The highest BCUT2D eigenvalue weighted by molar-refractivity contribution is 5.98. The van der Waals surface area contributed by atoms with E-state index in [1.807, 2.05) is 25.1 Å². The van der Waals surface area contributed by atoms with E-state index in [1.165, 1.54) is 0 Å². The molecule has 0 aromatic heterocycles. The van der Waals surface area contributed by atoms with Crippen molar-refractivity contribution in [2.45, 2.75) is 31.8 Å². The smallest absolute Gasteiger partial charge is 0.254 e. The Morgan fingerprint density at radius 3 is 3.00 bits per heavy atom. The Morgan fingerprint density at radius 2 is 2.26 bits per heavy atom. The molecule has 1 aromatic rings. The number of aliphatic hydroxyl groups is 1. The third kappa shape index (κ3) is 2.10. The minimum absolute atomic E-state index is 0.0543. The van der Waals surface area contributed by atoms with Crippen LogP contribution in [0.5, 0.6) is 0 Å². The number of likely N-dealkylation sites (tertiary alicyclic amines) is 1. The number of fused-ring (bicyclic) bond motifs is 1. The highest BCUT2D eigenvalue weighted by Crippen LogP contribution is 2.30. The Balaban J connectivity index is 1.82. The van der Waals surface area contributed by atoms with Crippen LogP contribution in [-0.2, 0) is 6.42 Å². The fourth-order valence-corrected chi connectivity index (χ4v) is 2.91. The maximum Gasteiger partial charge on any atom is 0.254 e. The van der Waals surface area contributed by atoms with Gasteiger partial charge in [0.05, 0.1) is 18.7 Å². The SMILES string of the molecule is CCC1(O)CN(C(=O)c2cccc3c2CCCN3)C1. The van der Waals surface area contributed by atoms with Crippen molar-refractivity contribution in [1.82, 2.24) is 4.90 Å². The first kappa shape index (κ1) is 12.5. The Bertz CT molecular complexity index is 507. The second-order valence-electron chi connectivity index (χ2n) is 5.60. The molecule has 2 heterocycles. The van der Waals surface area contributed by atoms with Crippen molar-refractivity contribution in [1.29, 1.82) is 0 Å². The zero-order valence-corrected chi connectivity index (χ0v) is 11.3. The topological polar surface area (TPSA) is 52.6 Å². The summed E-state index contributed by atoms with van der Waals surface area (Å²) in [6, 6.07) is 5.86. The number of benzene rings is 1. The molecule has 3 rings (SSSR count). The van der Waals surface area contributed by atoms with Gasteiger partial charge in [0.15, 0.2) is 0 Å². The molecule has 0 atom stereocenters. The van der Waals surface area contributed by atoms with E-state index in [1.54, 1.807) is 4.90 Å². The fourth-order valence-electron chi connectivity index (χ4n) is 2.91. The molecule has 1 aromatic carbocycles. The number of nitrogens with zero attached hydrogens (tertiary/aromatic N) is 1. The molecule has 0 unspecified atom stereocenters. The van der Waals surface area contributed by atoms with Gasteiger partial charge in [-0.05, 0) is 37.0 Å².